The number of aliphatic hydroxyl groups excluding tert-OH is 1. The number of aromatic nitrogens is 1. The van der Waals surface area contributed by atoms with Crippen molar-refractivity contribution >= 4 is 0 Å². The average Bonchev–Trinajstić information content (AvgIpc) is 2.38. The third-order valence-corrected chi connectivity index (χ3v) is 2.65. The average molecular weight is 249 g/mol. The first kappa shape index (κ1) is 14.8. The van der Waals surface area contributed by atoms with E-state index in [2.05, 4.69) is 34.8 Å². The van der Waals surface area contributed by atoms with Gasteiger partial charge in [0.1, 0.15) is 0 Å². The molecular weight excluding hydrogens is 226 g/mol. The van der Waals surface area contributed by atoms with Crippen molar-refractivity contribution in [1.29, 1.82) is 0 Å². The van der Waals surface area contributed by atoms with Crippen molar-refractivity contribution in [2.75, 3.05) is 26.2 Å². The lowest BCUT2D eigenvalue weighted by Crippen LogP contribution is -2.27. The van der Waals surface area contributed by atoms with E-state index >= 15 is 0 Å². The maximum absolute atomic E-state index is 8.98. The SMILES string of the molecule is C=CCN(CCO)Cc1ccc(CNCC)cn1. The normalized spacial score (nSPS) is 10.8. The minimum absolute atomic E-state index is 0.159. The zero-order valence-electron chi connectivity index (χ0n) is 11.1. The van der Waals surface area contributed by atoms with Crippen molar-refractivity contribution in [3.63, 3.8) is 0 Å². The summed E-state index contributed by atoms with van der Waals surface area (Å²) in [7, 11) is 0. The van der Waals surface area contributed by atoms with Gasteiger partial charge in [-0.05, 0) is 18.2 Å². The van der Waals surface area contributed by atoms with Crippen LogP contribution in [0.2, 0.25) is 0 Å². The molecule has 0 saturated heterocycles. The van der Waals surface area contributed by atoms with E-state index in [1.165, 1.54) is 5.56 Å². The van der Waals surface area contributed by atoms with E-state index < -0.39 is 0 Å². The second-order valence-corrected chi connectivity index (χ2v) is 4.19. The highest BCUT2D eigenvalue weighted by Crippen LogP contribution is 2.04. The first-order chi connectivity index (χ1) is 8.80. The Balaban J connectivity index is 2.52. The van der Waals surface area contributed by atoms with Gasteiger partial charge in [-0.1, -0.05) is 19.1 Å². The maximum atomic E-state index is 8.98. The molecule has 1 rings (SSSR count). The van der Waals surface area contributed by atoms with Gasteiger partial charge in [0.25, 0.3) is 0 Å². The van der Waals surface area contributed by atoms with Gasteiger partial charge in [0.05, 0.1) is 12.3 Å². The Kier molecular flexibility index (Phi) is 7.25. The molecule has 18 heavy (non-hydrogen) atoms. The fraction of sp³-hybridized carbons (Fsp3) is 0.500. The van der Waals surface area contributed by atoms with E-state index in [4.69, 9.17) is 5.11 Å². The first-order valence-corrected chi connectivity index (χ1v) is 6.38. The van der Waals surface area contributed by atoms with E-state index in [0.29, 0.717) is 6.54 Å². The quantitative estimate of drug-likeness (QED) is 0.645. The Morgan fingerprint density at radius 3 is 2.89 bits per heavy atom. The molecule has 4 nitrogen and oxygen atoms in total. The van der Waals surface area contributed by atoms with Crippen molar-refractivity contribution in [1.82, 2.24) is 15.2 Å². The lowest BCUT2D eigenvalue weighted by atomic mass is 10.2. The van der Waals surface area contributed by atoms with Gasteiger partial charge in [0, 0.05) is 32.4 Å². The highest BCUT2D eigenvalue weighted by molar-refractivity contribution is 5.14. The Labute approximate surface area is 109 Å². The van der Waals surface area contributed by atoms with Crippen molar-refractivity contribution in [2.45, 2.75) is 20.0 Å². The minimum atomic E-state index is 0.159. The van der Waals surface area contributed by atoms with Crippen LogP contribution in [0.3, 0.4) is 0 Å². The first-order valence-electron chi connectivity index (χ1n) is 6.38. The van der Waals surface area contributed by atoms with Crippen molar-refractivity contribution in [3.05, 3.63) is 42.2 Å². The molecule has 1 heterocycles. The second kappa shape index (κ2) is 8.80. The number of nitrogens with one attached hydrogen (secondary N) is 1. The molecule has 0 amide bonds. The van der Waals surface area contributed by atoms with Gasteiger partial charge in [-0.3, -0.25) is 9.88 Å². The van der Waals surface area contributed by atoms with Gasteiger partial charge < -0.3 is 10.4 Å². The summed E-state index contributed by atoms with van der Waals surface area (Å²) in [5.74, 6) is 0. The molecule has 0 unspecified atom stereocenters. The van der Waals surface area contributed by atoms with Crippen molar-refractivity contribution in [2.24, 2.45) is 0 Å². The summed E-state index contributed by atoms with van der Waals surface area (Å²) >= 11 is 0. The highest BCUT2D eigenvalue weighted by atomic mass is 16.3. The molecule has 0 aliphatic carbocycles. The Morgan fingerprint density at radius 2 is 2.33 bits per heavy atom. The summed E-state index contributed by atoms with van der Waals surface area (Å²) in [5, 5.41) is 12.2. The topological polar surface area (TPSA) is 48.4 Å². The lowest BCUT2D eigenvalue weighted by Gasteiger charge is -2.18. The van der Waals surface area contributed by atoms with Crippen LogP contribution in [0.15, 0.2) is 31.0 Å². The van der Waals surface area contributed by atoms with Crippen LogP contribution < -0.4 is 5.32 Å². The Bertz CT molecular complexity index is 337. The molecule has 1 aromatic rings. The van der Waals surface area contributed by atoms with E-state index in [-0.39, 0.29) is 6.61 Å². The van der Waals surface area contributed by atoms with Gasteiger partial charge in [0.2, 0.25) is 0 Å². The van der Waals surface area contributed by atoms with Gasteiger partial charge in [0.15, 0.2) is 0 Å². The van der Waals surface area contributed by atoms with Crippen molar-refractivity contribution in [3.8, 4) is 0 Å². The van der Waals surface area contributed by atoms with Crippen molar-refractivity contribution < 1.29 is 5.11 Å². The fourth-order valence-electron chi connectivity index (χ4n) is 1.71. The molecule has 0 spiro atoms. The van der Waals surface area contributed by atoms with Crippen LogP contribution in [0.5, 0.6) is 0 Å². The molecule has 0 bridgehead atoms. The molecule has 1 aromatic heterocycles. The van der Waals surface area contributed by atoms with Crippen LogP contribution in [-0.4, -0.2) is 41.2 Å². The minimum Gasteiger partial charge on any atom is -0.395 e. The van der Waals surface area contributed by atoms with Crippen LogP contribution in [-0.2, 0) is 13.1 Å². The number of rotatable bonds is 9. The molecule has 0 aliphatic heterocycles. The van der Waals surface area contributed by atoms with E-state index in [9.17, 15) is 0 Å². The standard InChI is InChI=1S/C14H23N3O/c1-3-7-17(8-9-18)12-14-6-5-13(11-16-14)10-15-4-2/h3,5-6,11,15,18H,1,4,7-10,12H2,2H3. The molecule has 0 aromatic carbocycles. The maximum Gasteiger partial charge on any atom is 0.0558 e. The van der Waals surface area contributed by atoms with E-state index in [1.807, 2.05) is 18.3 Å². The molecule has 0 fully saturated rings. The second-order valence-electron chi connectivity index (χ2n) is 4.19. The monoisotopic (exact) mass is 249 g/mol. The largest absolute Gasteiger partial charge is 0.395 e. The van der Waals surface area contributed by atoms with Gasteiger partial charge in [-0.2, -0.15) is 0 Å². The number of pyridine rings is 1. The van der Waals surface area contributed by atoms with Crippen LogP contribution in [0.4, 0.5) is 0 Å². The highest BCUT2D eigenvalue weighted by Gasteiger charge is 2.04. The summed E-state index contributed by atoms with van der Waals surface area (Å²) < 4.78 is 0. The van der Waals surface area contributed by atoms with Crippen LogP contribution >= 0.6 is 0 Å². The predicted molar refractivity (Wildman–Crippen MR) is 74.2 cm³/mol. The summed E-state index contributed by atoms with van der Waals surface area (Å²) in [5.41, 5.74) is 2.21. The number of hydrogen-bond donors (Lipinski definition) is 2. The van der Waals surface area contributed by atoms with Gasteiger partial charge in [-0.15, -0.1) is 6.58 Å². The summed E-state index contributed by atoms with van der Waals surface area (Å²) in [6, 6.07) is 4.14. The number of aliphatic hydroxyl groups is 1. The third-order valence-electron chi connectivity index (χ3n) is 2.65. The Morgan fingerprint density at radius 1 is 1.50 bits per heavy atom. The smallest absolute Gasteiger partial charge is 0.0558 e. The van der Waals surface area contributed by atoms with Crippen LogP contribution in [0.25, 0.3) is 0 Å². The van der Waals surface area contributed by atoms with Crippen LogP contribution in [0, 0.1) is 0 Å². The molecule has 0 saturated carbocycles. The molecule has 0 atom stereocenters. The third kappa shape index (κ3) is 5.40. The van der Waals surface area contributed by atoms with E-state index in [1.54, 1.807) is 0 Å². The molecular formula is C14H23N3O. The Hall–Kier alpha value is -1.23. The van der Waals surface area contributed by atoms with Gasteiger partial charge >= 0.3 is 0 Å². The number of nitrogens with zero attached hydrogens (tertiary/aromatic N) is 2. The molecule has 0 radical (unpaired) electrons. The molecule has 2 N–H and O–H groups in total. The van der Waals surface area contributed by atoms with E-state index in [0.717, 1.165) is 31.9 Å². The zero-order chi connectivity index (χ0) is 13.2. The van der Waals surface area contributed by atoms with Crippen LogP contribution in [0.1, 0.15) is 18.2 Å². The summed E-state index contributed by atoms with van der Waals surface area (Å²) in [6.45, 7) is 9.94. The summed E-state index contributed by atoms with van der Waals surface area (Å²) in [6.07, 6.45) is 3.75. The van der Waals surface area contributed by atoms with Gasteiger partial charge in [-0.25, -0.2) is 0 Å². The molecule has 100 valence electrons. The zero-order valence-corrected chi connectivity index (χ0v) is 11.1. The lowest BCUT2D eigenvalue weighted by molar-refractivity contribution is 0.202. The number of hydrogen-bond acceptors (Lipinski definition) is 4. The molecule has 0 aliphatic rings. The fourth-order valence-corrected chi connectivity index (χ4v) is 1.71. The predicted octanol–water partition coefficient (Wildman–Crippen LogP) is 1.17. The summed E-state index contributed by atoms with van der Waals surface area (Å²) in [4.78, 5) is 6.55. The molecule has 4 heteroatoms.